The summed E-state index contributed by atoms with van der Waals surface area (Å²) >= 11 is 0. The molecule has 0 amide bonds. The summed E-state index contributed by atoms with van der Waals surface area (Å²) in [5.74, 6) is 0. The molecule has 7 aromatic carbocycles. The molecule has 41 heavy (non-hydrogen) atoms. The quantitative estimate of drug-likeness (QED) is 0.212. The fraction of sp³-hybridized carbons (Fsp3) is 0. The molecule has 0 aliphatic carbocycles. The Morgan fingerprint density at radius 3 is 1.78 bits per heavy atom. The summed E-state index contributed by atoms with van der Waals surface area (Å²) in [6.45, 7) is 0. The van der Waals surface area contributed by atoms with Gasteiger partial charge in [-0.25, -0.2) is 9.97 Å². The van der Waals surface area contributed by atoms with Gasteiger partial charge in [-0.05, 0) is 79.3 Å². The monoisotopic (exact) mass is 522 g/mol. The number of hydrogen-bond acceptors (Lipinski definition) is 3. The fourth-order valence-corrected chi connectivity index (χ4v) is 6.35. The van der Waals surface area contributed by atoms with Gasteiger partial charge in [0.15, 0.2) is 0 Å². The summed E-state index contributed by atoms with van der Waals surface area (Å²) in [6, 6.07) is 47.2. The molecule has 3 heteroatoms. The van der Waals surface area contributed by atoms with Gasteiger partial charge in [0.05, 0.1) is 11.0 Å². The van der Waals surface area contributed by atoms with Crippen LogP contribution in [0.4, 0.5) is 0 Å². The molecular weight excluding hydrogens is 500 g/mol. The Bertz CT molecular complexity index is 2450. The third-order valence-electron chi connectivity index (χ3n) is 8.26. The lowest BCUT2D eigenvalue weighted by Gasteiger charge is -2.13. The van der Waals surface area contributed by atoms with E-state index >= 15 is 0 Å². The first-order chi connectivity index (χ1) is 20.3. The molecule has 0 unspecified atom stereocenters. The van der Waals surface area contributed by atoms with Crippen molar-refractivity contribution in [1.29, 1.82) is 0 Å². The van der Waals surface area contributed by atoms with Crippen molar-refractivity contribution in [3.05, 3.63) is 133 Å². The number of aromatic nitrogens is 2. The van der Waals surface area contributed by atoms with E-state index in [1.54, 1.807) is 0 Å². The second kappa shape index (κ2) is 8.48. The van der Waals surface area contributed by atoms with E-state index in [9.17, 15) is 0 Å². The molecule has 0 radical (unpaired) electrons. The molecule has 2 heterocycles. The Labute approximate surface area is 235 Å². The van der Waals surface area contributed by atoms with Crippen molar-refractivity contribution in [1.82, 2.24) is 9.97 Å². The number of benzene rings is 7. The highest BCUT2D eigenvalue weighted by molar-refractivity contribution is 6.25. The van der Waals surface area contributed by atoms with Crippen LogP contribution in [0.25, 0.3) is 87.8 Å². The van der Waals surface area contributed by atoms with Gasteiger partial charge < -0.3 is 4.42 Å². The molecule has 0 atom stereocenters. The van der Waals surface area contributed by atoms with E-state index in [1.807, 2.05) is 36.4 Å². The Kier molecular flexibility index (Phi) is 4.61. The fourth-order valence-electron chi connectivity index (χ4n) is 6.35. The van der Waals surface area contributed by atoms with Gasteiger partial charge in [0.1, 0.15) is 11.1 Å². The lowest BCUT2D eigenvalue weighted by molar-refractivity contribution is 0.655. The van der Waals surface area contributed by atoms with Crippen LogP contribution in [0.15, 0.2) is 138 Å². The van der Waals surface area contributed by atoms with Gasteiger partial charge in [0, 0.05) is 10.9 Å². The summed E-state index contributed by atoms with van der Waals surface area (Å²) in [7, 11) is 0. The van der Waals surface area contributed by atoms with E-state index in [0.717, 1.165) is 38.6 Å². The highest BCUT2D eigenvalue weighted by atomic mass is 16.3. The summed E-state index contributed by atoms with van der Waals surface area (Å²) in [5.41, 5.74) is 8.39. The van der Waals surface area contributed by atoms with Gasteiger partial charge in [-0.15, -0.1) is 0 Å². The van der Waals surface area contributed by atoms with Crippen molar-refractivity contribution in [2.75, 3.05) is 0 Å². The highest BCUT2D eigenvalue weighted by Crippen LogP contribution is 2.38. The third kappa shape index (κ3) is 3.33. The van der Waals surface area contributed by atoms with E-state index in [-0.39, 0.29) is 0 Å². The Morgan fingerprint density at radius 1 is 0.390 bits per heavy atom. The minimum atomic E-state index is 0.570. The second-order valence-corrected chi connectivity index (χ2v) is 10.6. The molecule has 0 N–H and O–H groups in total. The van der Waals surface area contributed by atoms with Gasteiger partial charge in [-0.2, -0.15) is 0 Å². The first kappa shape index (κ1) is 22.3. The smallest absolute Gasteiger partial charge is 0.246 e. The molecule has 0 aliphatic heterocycles. The molecule has 9 aromatic rings. The maximum atomic E-state index is 6.00. The number of hydrogen-bond donors (Lipinski definition) is 0. The first-order valence-corrected chi connectivity index (χ1v) is 13.8. The minimum Gasteiger partial charge on any atom is -0.436 e. The lowest BCUT2D eigenvalue weighted by atomic mass is 9.91. The van der Waals surface area contributed by atoms with Gasteiger partial charge in [0.25, 0.3) is 0 Å². The van der Waals surface area contributed by atoms with Crippen molar-refractivity contribution >= 4 is 65.6 Å². The van der Waals surface area contributed by atoms with Gasteiger partial charge in [0.2, 0.25) is 5.71 Å². The molecular formula is C38H22N2O. The molecule has 0 saturated heterocycles. The maximum absolute atomic E-state index is 6.00. The third-order valence-corrected chi connectivity index (χ3v) is 8.26. The Morgan fingerprint density at radius 2 is 1.00 bits per heavy atom. The molecule has 0 aliphatic rings. The molecule has 2 aromatic heterocycles. The number of nitrogens with zero attached hydrogens (tertiary/aromatic N) is 2. The van der Waals surface area contributed by atoms with Crippen LogP contribution in [0.1, 0.15) is 0 Å². The molecule has 9 rings (SSSR count). The lowest BCUT2D eigenvalue weighted by Crippen LogP contribution is -1.89. The largest absolute Gasteiger partial charge is 0.436 e. The van der Waals surface area contributed by atoms with E-state index < -0.39 is 0 Å². The van der Waals surface area contributed by atoms with Crippen molar-refractivity contribution in [2.24, 2.45) is 0 Å². The predicted molar refractivity (Wildman–Crippen MR) is 170 cm³/mol. The Balaban J connectivity index is 1.24. The van der Waals surface area contributed by atoms with Crippen LogP contribution in [0.2, 0.25) is 0 Å². The molecule has 190 valence electrons. The molecule has 0 saturated carbocycles. The number of fused-ring (bicyclic) bond motifs is 10. The first-order valence-electron chi connectivity index (χ1n) is 13.8. The zero-order valence-electron chi connectivity index (χ0n) is 22.0. The summed E-state index contributed by atoms with van der Waals surface area (Å²) in [4.78, 5) is 9.93. The predicted octanol–water partition coefficient (Wildman–Crippen LogP) is 10.3. The van der Waals surface area contributed by atoms with Crippen LogP contribution in [0, 0.1) is 0 Å². The summed E-state index contributed by atoms with van der Waals surface area (Å²) < 4.78 is 6.00. The van der Waals surface area contributed by atoms with Crippen LogP contribution in [-0.2, 0) is 0 Å². The highest BCUT2D eigenvalue weighted by Gasteiger charge is 2.15. The van der Waals surface area contributed by atoms with Crippen molar-refractivity contribution < 1.29 is 4.42 Å². The summed E-state index contributed by atoms with van der Waals surface area (Å²) in [6.07, 6.45) is 0. The second-order valence-electron chi connectivity index (χ2n) is 10.6. The van der Waals surface area contributed by atoms with E-state index in [0.29, 0.717) is 5.71 Å². The zero-order chi connectivity index (χ0) is 26.9. The topological polar surface area (TPSA) is 38.9 Å². The minimum absolute atomic E-state index is 0.570. The van der Waals surface area contributed by atoms with Crippen LogP contribution in [0.5, 0.6) is 0 Å². The SMILES string of the molecule is c1cc(-c2ccc3c4ccccc4c4ccccc4c3c2)cc(-c2cccc3nc4oc5ccccc5c4nc23)c1. The molecule has 3 nitrogen and oxygen atoms in total. The maximum Gasteiger partial charge on any atom is 0.246 e. The Hall–Kier alpha value is -5.54. The average Bonchev–Trinajstić information content (AvgIpc) is 3.41. The van der Waals surface area contributed by atoms with Gasteiger partial charge in [-0.1, -0.05) is 103 Å². The number of rotatable bonds is 2. The van der Waals surface area contributed by atoms with Crippen molar-refractivity contribution in [3.63, 3.8) is 0 Å². The van der Waals surface area contributed by atoms with Crippen molar-refractivity contribution in [2.45, 2.75) is 0 Å². The van der Waals surface area contributed by atoms with Gasteiger partial charge in [-0.3, -0.25) is 0 Å². The van der Waals surface area contributed by atoms with Crippen molar-refractivity contribution in [3.8, 4) is 22.3 Å². The van der Waals surface area contributed by atoms with Gasteiger partial charge >= 0.3 is 0 Å². The molecule has 0 bridgehead atoms. The summed E-state index contributed by atoms with van der Waals surface area (Å²) in [5, 5.41) is 8.67. The van der Waals surface area contributed by atoms with Crippen LogP contribution in [-0.4, -0.2) is 9.97 Å². The van der Waals surface area contributed by atoms with E-state index in [2.05, 4.69) is 97.1 Å². The average molecular weight is 523 g/mol. The number of para-hydroxylation sites is 2. The van der Waals surface area contributed by atoms with Crippen LogP contribution in [0.3, 0.4) is 0 Å². The van der Waals surface area contributed by atoms with Crippen LogP contribution < -0.4 is 0 Å². The normalized spacial score (nSPS) is 11.9. The molecule has 0 spiro atoms. The standard InChI is InChI=1S/C38H22N2O/c1-2-13-29-27(11-1)28-12-3-4-14-30(28)33-22-24(19-20-31(29)33)23-9-7-10-25(21-23)26-16-8-17-34-36(26)40-37-32-15-5-6-18-35(32)41-38(37)39-34/h1-22H. The van der Waals surface area contributed by atoms with E-state index in [4.69, 9.17) is 14.4 Å². The molecule has 0 fully saturated rings. The van der Waals surface area contributed by atoms with E-state index in [1.165, 1.54) is 43.4 Å². The zero-order valence-corrected chi connectivity index (χ0v) is 22.0. The van der Waals surface area contributed by atoms with Crippen LogP contribution >= 0.6 is 0 Å². The number of furan rings is 1.